The molecule has 1 aromatic rings. The molecule has 1 aliphatic heterocycles. The molecule has 1 heterocycles. The number of amides is 3. The molecule has 0 spiro atoms. The number of fused-ring (bicyclic) bond motifs is 1. The highest BCUT2D eigenvalue weighted by atomic mass is 16.6. The van der Waals surface area contributed by atoms with Gasteiger partial charge in [-0.3, -0.25) is 24.1 Å². The Morgan fingerprint density at radius 1 is 0.765 bits per heavy atom. The summed E-state index contributed by atoms with van der Waals surface area (Å²) in [7, 11) is 0. The van der Waals surface area contributed by atoms with Crippen LogP contribution < -0.4 is 5.32 Å². The van der Waals surface area contributed by atoms with Crippen molar-refractivity contribution in [2.45, 2.75) is 19.3 Å². The average molecular weight is 481 g/mol. The minimum absolute atomic E-state index is 0.0197. The van der Waals surface area contributed by atoms with Gasteiger partial charge in [0.1, 0.15) is 0 Å². The molecule has 0 bridgehead atoms. The molecule has 0 unspecified atom stereocenters. The lowest BCUT2D eigenvalue weighted by Crippen LogP contribution is -2.33. The van der Waals surface area contributed by atoms with Crippen LogP contribution in [0.15, 0.2) is 24.3 Å². The van der Waals surface area contributed by atoms with Gasteiger partial charge in [-0.15, -0.1) is 0 Å². The molecule has 1 aromatic carbocycles. The van der Waals surface area contributed by atoms with Crippen LogP contribution in [-0.4, -0.2) is 99.6 Å². The van der Waals surface area contributed by atoms with Gasteiger partial charge in [0.15, 0.2) is 0 Å². The number of hydrogen-bond acceptors (Lipinski definition) is 8. The van der Waals surface area contributed by atoms with E-state index in [4.69, 9.17) is 24.1 Å². The third kappa shape index (κ3) is 9.96. The van der Waals surface area contributed by atoms with Crippen LogP contribution >= 0.6 is 0 Å². The normalized spacial score (nSPS) is 12.8. The van der Waals surface area contributed by atoms with Crippen LogP contribution in [0.2, 0.25) is 0 Å². The van der Waals surface area contributed by atoms with E-state index in [1.807, 2.05) is 0 Å². The summed E-state index contributed by atoms with van der Waals surface area (Å²) in [6, 6.07) is 6.76. The highest BCUT2D eigenvalue weighted by Gasteiger charge is 2.34. The minimum Gasteiger partial charge on any atom is -0.481 e. The summed E-state index contributed by atoms with van der Waals surface area (Å²) >= 11 is 0. The van der Waals surface area contributed by atoms with Crippen molar-refractivity contribution >= 4 is 23.7 Å². The van der Waals surface area contributed by atoms with Crippen LogP contribution in [0.5, 0.6) is 0 Å². The van der Waals surface area contributed by atoms with E-state index in [2.05, 4.69) is 5.32 Å². The summed E-state index contributed by atoms with van der Waals surface area (Å²) in [5.41, 5.74) is 0.861. The van der Waals surface area contributed by atoms with Crippen molar-refractivity contribution in [3.63, 3.8) is 0 Å². The van der Waals surface area contributed by atoms with E-state index in [1.54, 1.807) is 24.3 Å². The molecule has 0 saturated carbocycles. The van der Waals surface area contributed by atoms with Crippen molar-refractivity contribution in [1.29, 1.82) is 0 Å². The summed E-state index contributed by atoms with van der Waals surface area (Å²) < 4.78 is 21.6. The van der Waals surface area contributed by atoms with Crippen LogP contribution in [-0.2, 0) is 28.5 Å². The van der Waals surface area contributed by atoms with Crippen molar-refractivity contribution in [2.75, 3.05) is 65.9 Å². The highest BCUT2D eigenvalue weighted by molar-refractivity contribution is 6.21. The Labute approximate surface area is 198 Å². The second-order valence-corrected chi connectivity index (χ2v) is 7.35. The SMILES string of the molecule is O=C(O)CCC(=O)NCCCOCCOCCOCCOCCN1C(=O)c2ccccc2C1=O. The minimum atomic E-state index is -0.991. The highest BCUT2D eigenvalue weighted by Crippen LogP contribution is 2.21. The molecule has 0 aromatic heterocycles. The van der Waals surface area contributed by atoms with E-state index in [0.717, 1.165) is 0 Å². The first-order valence-electron chi connectivity index (χ1n) is 11.3. The van der Waals surface area contributed by atoms with Gasteiger partial charge in [-0.05, 0) is 18.6 Å². The lowest BCUT2D eigenvalue weighted by Gasteiger charge is -2.13. The van der Waals surface area contributed by atoms with Gasteiger partial charge in [0.05, 0.1) is 70.3 Å². The summed E-state index contributed by atoms with van der Waals surface area (Å²) in [5, 5.41) is 11.1. The zero-order valence-electron chi connectivity index (χ0n) is 19.2. The summed E-state index contributed by atoms with van der Waals surface area (Å²) in [6.07, 6.45) is 0.443. The molecule has 3 amide bonds. The van der Waals surface area contributed by atoms with Gasteiger partial charge in [0, 0.05) is 19.6 Å². The van der Waals surface area contributed by atoms with Crippen molar-refractivity contribution in [3.8, 4) is 0 Å². The Kier molecular flexibility index (Phi) is 12.8. The number of benzene rings is 1. The van der Waals surface area contributed by atoms with E-state index >= 15 is 0 Å². The number of carbonyl (C=O) groups excluding carboxylic acids is 3. The number of carboxylic acid groups (broad SMARTS) is 1. The first-order chi connectivity index (χ1) is 16.5. The third-order valence-corrected chi connectivity index (χ3v) is 4.81. The Balaban J connectivity index is 1.32. The molecule has 0 fully saturated rings. The number of carbonyl (C=O) groups is 4. The molecule has 11 heteroatoms. The molecule has 188 valence electrons. The molecule has 34 heavy (non-hydrogen) atoms. The number of carboxylic acids is 1. The van der Waals surface area contributed by atoms with Crippen LogP contribution in [0.4, 0.5) is 0 Å². The third-order valence-electron chi connectivity index (χ3n) is 4.81. The predicted octanol–water partition coefficient (Wildman–Crippen LogP) is 0.720. The van der Waals surface area contributed by atoms with Gasteiger partial charge in [0.2, 0.25) is 5.91 Å². The van der Waals surface area contributed by atoms with E-state index < -0.39 is 5.97 Å². The number of nitrogens with zero attached hydrogens (tertiary/aromatic N) is 1. The molecule has 1 aliphatic rings. The van der Waals surface area contributed by atoms with Crippen LogP contribution in [0, 0.1) is 0 Å². The van der Waals surface area contributed by atoms with E-state index in [9.17, 15) is 19.2 Å². The lowest BCUT2D eigenvalue weighted by molar-refractivity contribution is -0.138. The molecule has 2 rings (SSSR count). The molecule has 11 nitrogen and oxygen atoms in total. The number of hydrogen-bond donors (Lipinski definition) is 2. The zero-order chi connectivity index (χ0) is 24.6. The first kappa shape index (κ1) is 27.4. The topological polar surface area (TPSA) is 141 Å². The Morgan fingerprint density at radius 3 is 1.79 bits per heavy atom. The largest absolute Gasteiger partial charge is 0.481 e. The number of imide groups is 1. The van der Waals surface area contributed by atoms with E-state index in [1.165, 1.54) is 4.90 Å². The second-order valence-electron chi connectivity index (χ2n) is 7.35. The molecule has 0 atom stereocenters. The van der Waals surface area contributed by atoms with E-state index in [-0.39, 0.29) is 43.7 Å². The molecule has 2 N–H and O–H groups in total. The molecular weight excluding hydrogens is 448 g/mol. The first-order valence-corrected chi connectivity index (χ1v) is 11.3. The summed E-state index contributed by atoms with van der Waals surface area (Å²) in [5.74, 6) is -1.85. The van der Waals surface area contributed by atoms with Crippen molar-refractivity contribution in [2.24, 2.45) is 0 Å². The summed E-state index contributed by atoms with van der Waals surface area (Å²) in [4.78, 5) is 47.3. The maximum Gasteiger partial charge on any atom is 0.303 e. The number of nitrogens with one attached hydrogen (secondary N) is 1. The van der Waals surface area contributed by atoms with Gasteiger partial charge in [-0.25, -0.2) is 0 Å². The second kappa shape index (κ2) is 15.9. The lowest BCUT2D eigenvalue weighted by atomic mass is 10.1. The molecule has 0 radical (unpaired) electrons. The Bertz CT molecular complexity index is 780. The maximum atomic E-state index is 12.2. The summed E-state index contributed by atoms with van der Waals surface area (Å²) in [6.45, 7) is 3.74. The molecule has 0 saturated heterocycles. The maximum absolute atomic E-state index is 12.2. The van der Waals surface area contributed by atoms with Crippen LogP contribution in [0.25, 0.3) is 0 Å². The standard InChI is InChI=1S/C23H32N2O9/c26-20(6-7-21(27)28)24-8-3-10-31-12-14-33-16-17-34-15-13-32-11-9-25-22(29)18-4-1-2-5-19(18)23(25)30/h1-2,4-5H,3,6-17H2,(H,24,26)(H,27,28). The Hall–Kier alpha value is -2.86. The van der Waals surface area contributed by atoms with Crippen molar-refractivity contribution < 1.29 is 43.2 Å². The fourth-order valence-corrected chi connectivity index (χ4v) is 3.07. The van der Waals surface area contributed by atoms with Gasteiger partial charge in [-0.2, -0.15) is 0 Å². The van der Waals surface area contributed by atoms with E-state index in [0.29, 0.717) is 70.3 Å². The Morgan fingerprint density at radius 2 is 1.26 bits per heavy atom. The average Bonchev–Trinajstić information content (AvgIpc) is 3.07. The molecule has 0 aliphatic carbocycles. The van der Waals surface area contributed by atoms with Crippen LogP contribution in [0.3, 0.4) is 0 Å². The predicted molar refractivity (Wildman–Crippen MR) is 120 cm³/mol. The fourth-order valence-electron chi connectivity index (χ4n) is 3.07. The smallest absolute Gasteiger partial charge is 0.303 e. The van der Waals surface area contributed by atoms with Crippen molar-refractivity contribution in [3.05, 3.63) is 35.4 Å². The zero-order valence-corrected chi connectivity index (χ0v) is 19.2. The van der Waals surface area contributed by atoms with Gasteiger partial charge in [-0.1, -0.05) is 12.1 Å². The van der Waals surface area contributed by atoms with Gasteiger partial charge < -0.3 is 29.4 Å². The quantitative estimate of drug-likeness (QED) is 0.216. The number of rotatable bonds is 19. The fraction of sp³-hybridized carbons (Fsp3) is 0.565. The van der Waals surface area contributed by atoms with Gasteiger partial charge in [0.25, 0.3) is 11.8 Å². The molecular formula is C23H32N2O9. The monoisotopic (exact) mass is 480 g/mol. The van der Waals surface area contributed by atoms with Gasteiger partial charge >= 0.3 is 5.97 Å². The number of ether oxygens (including phenoxy) is 4. The van der Waals surface area contributed by atoms with Crippen molar-refractivity contribution in [1.82, 2.24) is 10.2 Å². The van der Waals surface area contributed by atoms with Crippen LogP contribution in [0.1, 0.15) is 40.0 Å². The number of aliphatic carboxylic acids is 1.